The molecule has 0 unspecified atom stereocenters. The number of hydrogen-bond donors (Lipinski definition) is 0. The number of halogens is 3. The zero-order chi connectivity index (χ0) is 16.4. The lowest BCUT2D eigenvalue weighted by molar-refractivity contribution is -0.137. The minimum Gasteiger partial charge on any atom is -0.252 e. The third-order valence-corrected chi connectivity index (χ3v) is 3.68. The third-order valence-electron chi connectivity index (χ3n) is 3.68. The molecule has 0 aromatic heterocycles. The smallest absolute Gasteiger partial charge is 0.252 e. The van der Waals surface area contributed by atoms with Crippen molar-refractivity contribution in [1.29, 1.82) is 0 Å². The summed E-state index contributed by atoms with van der Waals surface area (Å²) in [5.74, 6) is 0. The number of benzene rings is 3. The largest absolute Gasteiger partial charge is 0.418 e. The fraction of sp³-hybridized carbons (Fsp3) is 0.105. The minimum atomic E-state index is -4.42. The van der Waals surface area contributed by atoms with Crippen LogP contribution in [-0.2, 0) is 6.18 Å². The minimum absolute atomic E-state index is 0.0644. The molecule has 0 heterocycles. The van der Waals surface area contributed by atoms with E-state index in [2.05, 4.69) is 4.99 Å². The second-order valence-electron chi connectivity index (χ2n) is 5.24. The van der Waals surface area contributed by atoms with Crippen molar-refractivity contribution >= 4 is 22.2 Å². The topological polar surface area (TPSA) is 12.4 Å². The van der Waals surface area contributed by atoms with Crippen molar-refractivity contribution in [3.63, 3.8) is 0 Å². The van der Waals surface area contributed by atoms with E-state index in [4.69, 9.17) is 0 Å². The highest BCUT2D eigenvalue weighted by atomic mass is 19.4. The summed E-state index contributed by atoms with van der Waals surface area (Å²) in [5, 5.41) is 2.00. The molecule has 3 aromatic rings. The van der Waals surface area contributed by atoms with Gasteiger partial charge in [0.25, 0.3) is 0 Å². The quantitative estimate of drug-likeness (QED) is 0.515. The van der Waals surface area contributed by atoms with Crippen molar-refractivity contribution in [2.45, 2.75) is 13.1 Å². The molecule has 0 aliphatic rings. The molecule has 0 saturated heterocycles. The Hall–Kier alpha value is -2.62. The number of alkyl halides is 3. The predicted molar refractivity (Wildman–Crippen MR) is 87.3 cm³/mol. The van der Waals surface area contributed by atoms with E-state index in [0.29, 0.717) is 5.71 Å². The predicted octanol–water partition coefficient (Wildman–Crippen LogP) is 6.00. The molecule has 3 aromatic carbocycles. The van der Waals surface area contributed by atoms with Crippen molar-refractivity contribution in [3.8, 4) is 0 Å². The summed E-state index contributed by atoms with van der Waals surface area (Å²) in [7, 11) is 0. The molecule has 0 radical (unpaired) electrons. The van der Waals surface area contributed by atoms with Crippen LogP contribution >= 0.6 is 0 Å². The van der Waals surface area contributed by atoms with Crippen LogP contribution in [0.4, 0.5) is 18.9 Å². The second kappa shape index (κ2) is 5.88. The molecule has 0 saturated carbocycles. The Morgan fingerprint density at radius 2 is 1.48 bits per heavy atom. The van der Waals surface area contributed by atoms with E-state index in [9.17, 15) is 13.2 Å². The number of aliphatic imine (C=N–C) groups is 1. The van der Waals surface area contributed by atoms with Crippen molar-refractivity contribution in [2.75, 3.05) is 0 Å². The van der Waals surface area contributed by atoms with Crippen LogP contribution in [0.2, 0.25) is 0 Å². The van der Waals surface area contributed by atoms with Gasteiger partial charge in [0, 0.05) is 11.3 Å². The van der Waals surface area contributed by atoms with Gasteiger partial charge in [0.05, 0.1) is 11.3 Å². The average Bonchev–Trinajstić information content (AvgIpc) is 2.54. The molecular weight excluding hydrogens is 299 g/mol. The van der Waals surface area contributed by atoms with E-state index in [-0.39, 0.29) is 5.69 Å². The molecule has 0 amide bonds. The standard InChI is InChI=1S/C19H14F3N/c1-13(15-10-6-8-14-7-2-3-9-16(14)15)23-18-12-5-4-11-17(18)19(20,21)22/h2-12H,1H3. The lowest BCUT2D eigenvalue weighted by atomic mass is 10.0. The number of para-hydroxylation sites is 1. The fourth-order valence-corrected chi connectivity index (χ4v) is 2.59. The average molecular weight is 313 g/mol. The van der Waals surface area contributed by atoms with E-state index in [1.807, 2.05) is 42.5 Å². The first-order chi connectivity index (χ1) is 11.0. The molecule has 23 heavy (non-hydrogen) atoms. The molecule has 0 atom stereocenters. The zero-order valence-electron chi connectivity index (χ0n) is 12.4. The van der Waals surface area contributed by atoms with Gasteiger partial charge >= 0.3 is 6.18 Å². The van der Waals surface area contributed by atoms with Gasteiger partial charge in [-0.15, -0.1) is 0 Å². The maximum Gasteiger partial charge on any atom is 0.418 e. The number of nitrogens with zero attached hydrogens (tertiary/aromatic N) is 1. The molecule has 116 valence electrons. The highest BCUT2D eigenvalue weighted by Crippen LogP contribution is 2.36. The van der Waals surface area contributed by atoms with Crippen LogP contribution in [0.25, 0.3) is 10.8 Å². The summed E-state index contributed by atoms with van der Waals surface area (Å²) >= 11 is 0. The zero-order valence-corrected chi connectivity index (χ0v) is 12.4. The van der Waals surface area contributed by atoms with E-state index in [0.717, 1.165) is 22.4 Å². The van der Waals surface area contributed by atoms with Crippen LogP contribution in [0, 0.1) is 0 Å². The SMILES string of the molecule is CC(=Nc1ccccc1C(F)(F)F)c1cccc2ccccc12. The van der Waals surface area contributed by atoms with Gasteiger partial charge in [-0.25, -0.2) is 0 Å². The number of fused-ring (bicyclic) bond motifs is 1. The Bertz CT molecular complexity index is 874. The van der Waals surface area contributed by atoms with Crippen molar-refractivity contribution in [1.82, 2.24) is 0 Å². The number of hydrogen-bond acceptors (Lipinski definition) is 1. The summed E-state index contributed by atoms with van der Waals surface area (Å²) in [6.07, 6.45) is -4.42. The highest BCUT2D eigenvalue weighted by molar-refractivity contribution is 6.10. The van der Waals surface area contributed by atoms with Crippen LogP contribution in [0.15, 0.2) is 71.7 Å². The monoisotopic (exact) mass is 313 g/mol. The Balaban J connectivity index is 2.14. The van der Waals surface area contributed by atoms with Gasteiger partial charge < -0.3 is 0 Å². The molecule has 0 bridgehead atoms. The first-order valence-corrected chi connectivity index (χ1v) is 7.16. The Morgan fingerprint density at radius 3 is 2.26 bits per heavy atom. The van der Waals surface area contributed by atoms with E-state index in [1.54, 1.807) is 13.0 Å². The maximum atomic E-state index is 13.1. The first kappa shape index (κ1) is 15.3. The third kappa shape index (κ3) is 3.11. The molecule has 0 aliphatic heterocycles. The van der Waals surface area contributed by atoms with Crippen molar-refractivity contribution in [3.05, 3.63) is 77.9 Å². The summed E-state index contributed by atoms with van der Waals surface area (Å²) in [5.41, 5.74) is 0.601. The van der Waals surface area contributed by atoms with Crippen LogP contribution < -0.4 is 0 Å². The van der Waals surface area contributed by atoms with E-state index < -0.39 is 11.7 Å². The molecule has 0 fully saturated rings. The second-order valence-corrected chi connectivity index (χ2v) is 5.24. The van der Waals surface area contributed by atoms with Crippen LogP contribution in [0.5, 0.6) is 0 Å². The highest BCUT2D eigenvalue weighted by Gasteiger charge is 2.33. The lowest BCUT2D eigenvalue weighted by Crippen LogP contribution is -2.05. The van der Waals surface area contributed by atoms with Gasteiger partial charge in [0.2, 0.25) is 0 Å². The van der Waals surface area contributed by atoms with Crippen molar-refractivity contribution in [2.24, 2.45) is 4.99 Å². The normalized spacial score (nSPS) is 12.6. The molecule has 0 aliphatic carbocycles. The molecule has 0 spiro atoms. The summed E-state index contributed by atoms with van der Waals surface area (Å²) in [4.78, 5) is 4.24. The number of rotatable bonds is 2. The van der Waals surface area contributed by atoms with E-state index >= 15 is 0 Å². The van der Waals surface area contributed by atoms with Crippen molar-refractivity contribution < 1.29 is 13.2 Å². The van der Waals surface area contributed by atoms with Gasteiger partial charge in [-0.1, -0.05) is 54.6 Å². The summed E-state index contributed by atoms with van der Waals surface area (Å²) < 4.78 is 39.3. The van der Waals surface area contributed by atoms with E-state index in [1.165, 1.54) is 12.1 Å². The lowest BCUT2D eigenvalue weighted by Gasteiger charge is -2.11. The first-order valence-electron chi connectivity index (χ1n) is 7.16. The van der Waals surface area contributed by atoms with Crippen LogP contribution in [0.3, 0.4) is 0 Å². The maximum absolute atomic E-state index is 13.1. The Morgan fingerprint density at radius 1 is 0.826 bits per heavy atom. The van der Waals surface area contributed by atoms with Gasteiger partial charge in [-0.3, -0.25) is 4.99 Å². The molecule has 4 heteroatoms. The molecule has 3 rings (SSSR count). The fourth-order valence-electron chi connectivity index (χ4n) is 2.59. The molecule has 0 N–H and O–H groups in total. The van der Waals surface area contributed by atoms with Crippen LogP contribution in [0.1, 0.15) is 18.1 Å². The van der Waals surface area contributed by atoms with Gasteiger partial charge in [0.1, 0.15) is 0 Å². The van der Waals surface area contributed by atoms with Crippen LogP contribution in [-0.4, -0.2) is 5.71 Å². The summed E-state index contributed by atoms with van der Waals surface area (Å²) in [6, 6.07) is 18.8. The Kier molecular flexibility index (Phi) is 3.90. The molecule has 1 nitrogen and oxygen atoms in total. The molecular formula is C19H14F3N. The summed E-state index contributed by atoms with van der Waals surface area (Å²) in [6.45, 7) is 1.73. The van der Waals surface area contributed by atoms with Gasteiger partial charge in [-0.2, -0.15) is 13.2 Å². The van der Waals surface area contributed by atoms with Gasteiger partial charge in [-0.05, 0) is 29.8 Å². The Labute approximate surface area is 132 Å². The van der Waals surface area contributed by atoms with Gasteiger partial charge in [0.15, 0.2) is 0 Å².